The predicted octanol–water partition coefficient (Wildman–Crippen LogP) is 3.72. The average Bonchev–Trinajstić information content (AvgIpc) is 2.36. The minimum absolute atomic E-state index is 0.0112. The Bertz CT molecular complexity index is 483. The lowest BCUT2D eigenvalue weighted by Gasteiger charge is -2.38. The van der Waals surface area contributed by atoms with Crippen LogP contribution in [0.2, 0.25) is 5.28 Å². The van der Waals surface area contributed by atoms with Crippen molar-refractivity contribution in [2.45, 2.75) is 65.5 Å². The molecule has 0 amide bonds. The van der Waals surface area contributed by atoms with Crippen LogP contribution < -0.4 is 9.64 Å². The minimum atomic E-state index is 0.0112. The van der Waals surface area contributed by atoms with E-state index in [0.29, 0.717) is 23.4 Å². The Kier molecular flexibility index (Phi) is 4.91. The third kappa shape index (κ3) is 4.43. The highest BCUT2D eigenvalue weighted by atomic mass is 35.5. The molecule has 6 heteroatoms. The summed E-state index contributed by atoms with van der Waals surface area (Å²) in [4.78, 5) is 14.8. The topological polar surface area (TPSA) is 51.1 Å². The summed E-state index contributed by atoms with van der Waals surface area (Å²) in [6.45, 7) is 8.53. The van der Waals surface area contributed by atoms with Crippen LogP contribution in [0.4, 0.5) is 5.95 Å². The molecule has 0 aliphatic heterocycles. The van der Waals surface area contributed by atoms with Crippen molar-refractivity contribution in [1.82, 2.24) is 15.0 Å². The lowest BCUT2D eigenvalue weighted by Crippen LogP contribution is -2.38. The highest BCUT2D eigenvalue weighted by Crippen LogP contribution is 2.37. The summed E-state index contributed by atoms with van der Waals surface area (Å²) < 4.78 is 5.53. The molecule has 5 nitrogen and oxygen atoms in total. The van der Waals surface area contributed by atoms with E-state index in [0.717, 1.165) is 12.8 Å². The van der Waals surface area contributed by atoms with Gasteiger partial charge in [0.1, 0.15) is 0 Å². The maximum Gasteiger partial charge on any atom is 0.322 e. The van der Waals surface area contributed by atoms with E-state index in [-0.39, 0.29) is 11.4 Å². The second-order valence-corrected chi connectivity index (χ2v) is 7.20. The fourth-order valence-electron chi connectivity index (χ4n) is 2.68. The van der Waals surface area contributed by atoms with Gasteiger partial charge in [0, 0.05) is 13.1 Å². The Balaban J connectivity index is 2.12. The Morgan fingerprint density at radius 1 is 1.19 bits per heavy atom. The van der Waals surface area contributed by atoms with Crippen molar-refractivity contribution in [3.8, 4) is 6.01 Å². The fraction of sp³-hybridized carbons (Fsp3) is 0.800. The summed E-state index contributed by atoms with van der Waals surface area (Å²) in [7, 11) is 2.02. The van der Waals surface area contributed by atoms with E-state index in [1.165, 1.54) is 12.8 Å². The van der Waals surface area contributed by atoms with Crippen molar-refractivity contribution in [3.05, 3.63) is 5.28 Å². The molecular weight excluding hydrogens is 288 g/mol. The van der Waals surface area contributed by atoms with Crippen molar-refractivity contribution in [2.24, 2.45) is 5.41 Å². The molecule has 21 heavy (non-hydrogen) atoms. The molecule has 1 heterocycles. The monoisotopic (exact) mass is 312 g/mol. The van der Waals surface area contributed by atoms with Crippen molar-refractivity contribution in [3.63, 3.8) is 0 Å². The molecule has 0 saturated heterocycles. The van der Waals surface area contributed by atoms with Gasteiger partial charge in [-0.2, -0.15) is 15.0 Å². The van der Waals surface area contributed by atoms with Gasteiger partial charge >= 0.3 is 6.01 Å². The molecule has 1 aliphatic carbocycles. The first-order chi connectivity index (χ1) is 9.77. The maximum absolute atomic E-state index is 5.99. The lowest BCUT2D eigenvalue weighted by atomic mass is 9.75. The molecule has 1 aliphatic rings. The second kappa shape index (κ2) is 6.34. The number of rotatable bonds is 4. The second-order valence-electron chi connectivity index (χ2n) is 6.86. The number of hydrogen-bond donors (Lipinski definition) is 0. The summed E-state index contributed by atoms with van der Waals surface area (Å²) in [5.74, 6) is 0.593. The zero-order valence-electron chi connectivity index (χ0n) is 13.6. The summed E-state index contributed by atoms with van der Waals surface area (Å²) in [5, 5.41) is 0.179. The Hall–Kier alpha value is -1.10. The SMILES string of the molecule is CC(C)Oc1nc(Cl)nc(N(C)C2CCC(C)(C)CC2)n1. The molecule has 0 radical (unpaired) electrons. The van der Waals surface area contributed by atoms with E-state index in [1.807, 2.05) is 20.9 Å². The Labute approximate surface area is 132 Å². The van der Waals surface area contributed by atoms with Gasteiger partial charge in [-0.1, -0.05) is 13.8 Å². The van der Waals surface area contributed by atoms with E-state index in [4.69, 9.17) is 16.3 Å². The molecule has 1 aromatic rings. The van der Waals surface area contributed by atoms with Gasteiger partial charge in [0.15, 0.2) is 0 Å². The van der Waals surface area contributed by atoms with Gasteiger partial charge in [-0.3, -0.25) is 0 Å². The summed E-state index contributed by atoms with van der Waals surface area (Å²) in [6, 6.07) is 0.742. The molecule has 1 fully saturated rings. The molecular formula is C15H25ClN4O. The Morgan fingerprint density at radius 3 is 2.38 bits per heavy atom. The van der Waals surface area contributed by atoms with Gasteiger partial charge < -0.3 is 9.64 Å². The van der Waals surface area contributed by atoms with Gasteiger partial charge in [0.25, 0.3) is 0 Å². The number of anilines is 1. The van der Waals surface area contributed by atoms with E-state index < -0.39 is 0 Å². The smallest absolute Gasteiger partial charge is 0.322 e. The molecule has 0 spiro atoms. The number of hydrogen-bond acceptors (Lipinski definition) is 5. The predicted molar refractivity (Wildman–Crippen MR) is 85.0 cm³/mol. The third-order valence-electron chi connectivity index (χ3n) is 4.09. The quantitative estimate of drug-likeness (QED) is 0.848. The van der Waals surface area contributed by atoms with Gasteiger partial charge in [-0.25, -0.2) is 0 Å². The first-order valence-corrected chi connectivity index (χ1v) is 7.96. The minimum Gasteiger partial charge on any atom is -0.461 e. The molecule has 0 bridgehead atoms. The third-order valence-corrected chi connectivity index (χ3v) is 4.26. The van der Waals surface area contributed by atoms with Crippen LogP contribution in [0.15, 0.2) is 0 Å². The molecule has 2 rings (SSSR count). The van der Waals surface area contributed by atoms with Crippen molar-refractivity contribution >= 4 is 17.5 Å². The van der Waals surface area contributed by atoms with E-state index in [9.17, 15) is 0 Å². The van der Waals surface area contributed by atoms with Crippen molar-refractivity contribution in [2.75, 3.05) is 11.9 Å². The molecule has 0 aromatic carbocycles. The van der Waals surface area contributed by atoms with Crippen LogP contribution >= 0.6 is 11.6 Å². The molecule has 118 valence electrons. The van der Waals surface area contributed by atoms with E-state index >= 15 is 0 Å². The number of halogens is 1. The number of nitrogens with zero attached hydrogens (tertiary/aromatic N) is 4. The van der Waals surface area contributed by atoms with E-state index in [1.54, 1.807) is 0 Å². The average molecular weight is 313 g/mol. The first-order valence-electron chi connectivity index (χ1n) is 7.58. The zero-order valence-corrected chi connectivity index (χ0v) is 14.3. The highest BCUT2D eigenvalue weighted by Gasteiger charge is 2.30. The van der Waals surface area contributed by atoms with Crippen molar-refractivity contribution < 1.29 is 4.74 Å². The van der Waals surface area contributed by atoms with Crippen LogP contribution in [0.25, 0.3) is 0 Å². The van der Waals surface area contributed by atoms with Gasteiger partial charge in [0.05, 0.1) is 6.10 Å². The molecule has 0 unspecified atom stereocenters. The standard InChI is InChI=1S/C15H25ClN4O/c1-10(2)21-14-18-12(16)17-13(19-14)20(5)11-6-8-15(3,4)9-7-11/h10-11H,6-9H2,1-5H3. The van der Waals surface area contributed by atoms with Crippen molar-refractivity contribution in [1.29, 1.82) is 0 Å². The van der Waals surface area contributed by atoms with Crippen LogP contribution in [0.3, 0.4) is 0 Å². The normalized spacial score (nSPS) is 18.8. The van der Waals surface area contributed by atoms with Gasteiger partial charge in [0.2, 0.25) is 11.2 Å². The van der Waals surface area contributed by atoms with Crippen LogP contribution in [0.1, 0.15) is 53.4 Å². The number of ether oxygens (including phenoxy) is 1. The van der Waals surface area contributed by atoms with Gasteiger partial charge in [-0.05, 0) is 56.5 Å². The largest absolute Gasteiger partial charge is 0.461 e. The molecule has 1 saturated carbocycles. The first kappa shape index (κ1) is 16.3. The van der Waals surface area contributed by atoms with Crippen LogP contribution in [-0.4, -0.2) is 34.1 Å². The van der Waals surface area contributed by atoms with Crippen LogP contribution in [0, 0.1) is 5.41 Å². The van der Waals surface area contributed by atoms with Crippen LogP contribution in [0.5, 0.6) is 6.01 Å². The van der Waals surface area contributed by atoms with Gasteiger partial charge in [-0.15, -0.1) is 0 Å². The molecule has 0 N–H and O–H groups in total. The maximum atomic E-state index is 5.99. The highest BCUT2D eigenvalue weighted by molar-refractivity contribution is 6.28. The van der Waals surface area contributed by atoms with Crippen LogP contribution in [-0.2, 0) is 0 Å². The summed E-state index contributed by atoms with van der Waals surface area (Å²) in [6.07, 6.45) is 4.74. The molecule has 1 aromatic heterocycles. The fourth-order valence-corrected chi connectivity index (χ4v) is 2.83. The lowest BCUT2D eigenvalue weighted by molar-refractivity contribution is 0.216. The zero-order chi connectivity index (χ0) is 15.6. The number of aromatic nitrogens is 3. The molecule has 0 atom stereocenters. The summed E-state index contributed by atoms with van der Waals surface area (Å²) >= 11 is 5.99. The summed E-state index contributed by atoms with van der Waals surface area (Å²) in [5.41, 5.74) is 0.444. The van der Waals surface area contributed by atoms with E-state index in [2.05, 4.69) is 33.7 Å². The Morgan fingerprint density at radius 2 is 1.81 bits per heavy atom.